The van der Waals surface area contributed by atoms with Crippen LogP contribution in [0.4, 0.5) is 15.8 Å². The summed E-state index contributed by atoms with van der Waals surface area (Å²) < 4.78 is 14.5. The SMILES string of the molecule is Cc1sc2nc([C@H](C)Nc3ccc(N(C)C(C)C)c(F)c3)[nH]c(=O)c2c1C. The van der Waals surface area contributed by atoms with Gasteiger partial charge in [-0.1, -0.05) is 0 Å². The van der Waals surface area contributed by atoms with Gasteiger partial charge in [-0.15, -0.1) is 11.3 Å². The van der Waals surface area contributed by atoms with E-state index in [1.807, 2.05) is 52.6 Å². The van der Waals surface area contributed by atoms with Gasteiger partial charge >= 0.3 is 0 Å². The average Bonchev–Trinajstić information content (AvgIpc) is 2.89. The molecule has 2 aromatic heterocycles. The van der Waals surface area contributed by atoms with Gasteiger partial charge in [0, 0.05) is 23.7 Å². The standard InChI is InChI=1S/C20H25FN4OS/c1-10(2)25(6)16-8-7-14(9-15(16)21)22-12(4)18-23-19(26)17-11(3)13(5)27-20(17)24-18/h7-10,12,22H,1-6H3,(H,23,24,26)/t12-/m0/s1. The maximum Gasteiger partial charge on any atom is 0.259 e. The zero-order chi connectivity index (χ0) is 19.9. The van der Waals surface area contributed by atoms with E-state index in [2.05, 4.69) is 15.3 Å². The predicted molar refractivity (Wildman–Crippen MR) is 112 cm³/mol. The van der Waals surface area contributed by atoms with E-state index in [9.17, 15) is 9.18 Å². The largest absolute Gasteiger partial charge is 0.375 e. The lowest BCUT2D eigenvalue weighted by Gasteiger charge is -2.25. The molecule has 0 saturated heterocycles. The summed E-state index contributed by atoms with van der Waals surface area (Å²) in [7, 11) is 1.87. The first kappa shape index (κ1) is 19.4. The van der Waals surface area contributed by atoms with Gasteiger partial charge in [0.15, 0.2) is 0 Å². The van der Waals surface area contributed by atoms with Crippen molar-refractivity contribution in [3.05, 3.63) is 50.6 Å². The second kappa shape index (κ2) is 7.31. The molecule has 1 atom stereocenters. The number of aryl methyl sites for hydroxylation is 2. The Bertz CT molecular complexity index is 1040. The summed E-state index contributed by atoms with van der Waals surface area (Å²) in [5.41, 5.74) is 2.04. The van der Waals surface area contributed by atoms with Gasteiger partial charge in [-0.25, -0.2) is 9.37 Å². The van der Waals surface area contributed by atoms with Crippen molar-refractivity contribution in [1.29, 1.82) is 0 Å². The van der Waals surface area contributed by atoms with Crippen molar-refractivity contribution < 1.29 is 4.39 Å². The topological polar surface area (TPSA) is 61.0 Å². The molecule has 0 saturated carbocycles. The Morgan fingerprint density at radius 1 is 1.26 bits per heavy atom. The fourth-order valence-electron chi connectivity index (χ4n) is 2.96. The molecule has 3 rings (SSSR count). The van der Waals surface area contributed by atoms with Gasteiger partial charge in [0.2, 0.25) is 0 Å². The van der Waals surface area contributed by atoms with Crippen LogP contribution in [0.1, 0.15) is 43.1 Å². The van der Waals surface area contributed by atoms with E-state index in [0.29, 0.717) is 22.6 Å². The van der Waals surface area contributed by atoms with Crippen LogP contribution in [0.5, 0.6) is 0 Å². The quantitative estimate of drug-likeness (QED) is 0.662. The molecule has 0 amide bonds. The van der Waals surface area contributed by atoms with Crippen LogP contribution in [0, 0.1) is 19.7 Å². The summed E-state index contributed by atoms with van der Waals surface area (Å²) in [4.78, 5) is 23.6. The monoisotopic (exact) mass is 388 g/mol. The molecule has 0 aliphatic rings. The third kappa shape index (κ3) is 3.69. The van der Waals surface area contributed by atoms with Crippen molar-refractivity contribution in [2.45, 2.75) is 46.7 Å². The second-order valence-corrected chi connectivity index (χ2v) is 8.35. The van der Waals surface area contributed by atoms with Crippen LogP contribution >= 0.6 is 11.3 Å². The first-order valence-corrected chi connectivity index (χ1v) is 9.79. The van der Waals surface area contributed by atoms with E-state index < -0.39 is 0 Å². The lowest BCUT2D eigenvalue weighted by molar-refractivity contribution is 0.613. The van der Waals surface area contributed by atoms with Gasteiger partial charge in [-0.05, 0) is 58.4 Å². The molecule has 3 aromatic rings. The minimum Gasteiger partial charge on any atom is -0.375 e. The number of aromatic amines is 1. The van der Waals surface area contributed by atoms with Gasteiger partial charge in [-0.3, -0.25) is 4.79 Å². The van der Waals surface area contributed by atoms with Crippen LogP contribution in [0.15, 0.2) is 23.0 Å². The first-order chi connectivity index (χ1) is 12.7. The number of nitrogens with zero attached hydrogens (tertiary/aromatic N) is 2. The van der Waals surface area contributed by atoms with Crippen molar-refractivity contribution in [3.63, 3.8) is 0 Å². The molecule has 7 heteroatoms. The van der Waals surface area contributed by atoms with Gasteiger partial charge in [0.25, 0.3) is 5.56 Å². The third-order valence-corrected chi connectivity index (χ3v) is 6.05. The normalized spacial score (nSPS) is 12.6. The molecule has 0 fully saturated rings. The molecule has 144 valence electrons. The third-order valence-electron chi connectivity index (χ3n) is 4.95. The molecule has 2 heterocycles. The summed E-state index contributed by atoms with van der Waals surface area (Å²) in [6.07, 6.45) is 0. The molecule has 0 spiro atoms. The van der Waals surface area contributed by atoms with Crippen molar-refractivity contribution >= 4 is 32.9 Å². The zero-order valence-corrected chi connectivity index (χ0v) is 17.3. The van der Waals surface area contributed by atoms with E-state index in [4.69, 9.17) is 0 Å². The van der Waals surface area contributed by atoms with Crippen LogP contribution in [-0.4, -0.2) is 23.1 Å². The Morgan fingerprint density at radius 3 is 2.59 bits per heavy atom. The van der Waals surface area contributed by atoms with Crippen LogP contribution in [-0.2, 0) is 0 Å². The number of nitrogens with one attached hydrogen (secondary N) is 2. The lowest BCUT2D eigenvalue weighted by Crippen LogP contribution is -2.26. The minimum absolute atomic E-state index is 0.134. The molecule has 0 unspecified atom stereocenters. The van der Waals surface area contributed by atoms with Crippen molar-refractivity contribution in [2.24, 2.45) is 0 Å². The molecule has 0 aliphatic carbocycles. The molecular weight excluding hydrogens is 363 g/mol. The summed E-state index contributed by atoms with van der Waals surface area (Å²) in [5.74, 6) is 0.252. The number of thiophene rings is 1. The van der Waals surface area contributed by atoms with E-state index in [0.717, 1.165) is 15.3 Å². The van der Waals surface area contributed by atoms with E-state index in [-0.39, 0.29) is 23.5 Å². The predicted octanol–water partition coefficient (Wildman–Crippen LogP) is 4.76. The number of hydrogen-bond donors (Lipinski definition) is 2. The Labute approximate surface area is 162 Å². The molecule has 0 radical (unpaired) electrons. The fraction of sp³-hybridized carbons (Fsp3) is 0.400. The number of benzene rings is 1. The van der Waals surface area contributed by atoms with Crippen molar-refractivity contribution in [3.8, 4) is 0 Å². The number of aromatic nitrogens is 2. The van der Waals surface area contributed by atoms with Crippen molar-refractivity contribution in [1.82, 2.24) is 9.97 Å². The van der Waals surface area contributed by atoms with Crippen molar-refractivity contribution in [2.75, 3.05) is 17.3 Å². The number of H-pyrrole nitrogens is 1. The molecule has 5 nitrogen and oxygen atoms in total. The summed E-state index contributed by atoms with van der Waals surface area (Å²) in [6, 6.07) is 5.01. The first-order valence-electron chi connectivity index (χ1n) is 8.98. The maximum absolute atomic E-state index is 14.5. The van der Waals surface area contributed by atoms with Crippen LogP contribution in [0.25, 0.3) is 10.2 Å². The average molecular weight is 389 g/mol. The molecule has 0 aliphatic heterocycles. The highest BCUT2D eigenvalue weighted by molar-refractivity contribution is 7.18. The van der Waals surface area contributed by atoms with Gasteiger partial charge < -0.3 is 15.2 Å². The number of hydrogen-bond acceptors (Lipinski definition) is 5. The smallest absolute Gasteiger partial charge is 0.259 e. The van der Waals surface area contributed by atoms with E-state index in [1.54, 1.807) is 6.07 Å². The maximum atomic E-state index is 14.5. The summed E-state index contributed by atoms with van der Waals surface area (Å²) in [6.45, 7) is 9.84. The Kier molecular flexibility index (Phi) is 5.24. The zero-order valence-electron chi connectivity index (χ0n) is 16.5. The molecule has 0 bridgehead atoms. The Hall–Kier alpha value is -2.41. The Morgan fingerprint density at radius 2 is 1.96 bits per heavy atom. The van der Waals surface area contributed by atoms with Crippen LogP contribution < -0.4 is 15.8 Å². The minimum atomic E-state index is -0.287. The van der Waals surface area contributed by atoms with E-state index in [1.165, 1.54) is 17.4 Å². The molecular formula is C20H25FN4OS. The summed E-state index contributed by atoms with van der Waals surface area (Å²) >= 11 is 1.52. The molecule has 2 N–H and O–H groups in total. The van der Waals surface area contributed by atoms with Gasteiger partial charge in [-0.2, -0.15) is 0 Å². The molecule has 27 heavy (non-hydrogen) atoms. The Balaban J connectivity index is 1.87. The number of anilines is 2. The van der Waals surface area contributed by atoms with Crippen LogP contribution in [0.2, 0.25) is 0 Å². The number of halogens is 1. The highest BCUT2D eigenvalue weighted by Crippen LogP contribution is 2.28. The summed E-state index contributed by atoms with van der Waals surface area (Å²) in [5, 5.41) is 3.87. The number of rotatable bonds is 5. The van der Waals surface area contributed by atoms with Gasteiger partial charge in [0.05, 0.1) is 17.1 Å². The second-order valence-electron chi connectivity index (χ2n) is 7.15. The highest BCUT2D eigenvalue weighted by Gasteiger charge is 2.16. The van der Waals surface area contributed by atoms with E-state index >= 15 is 0 Å². The van der Waals surface area contributed by atoms with Gasteiger partial charge in [0.1, 0.15) is 16.5 Å². The fourth-order valence-corrected chi connectivity index (χ4v) is 3.99. The number of fused-ring (bicyclic) bond motifs is 1. The lowest BCUT2D eigenvalue weighted by atomic mass is 10.2. The van der Waals surface area contributed by atoms with Crippen LogP contribution in [0.3, 0.4) is 0 Å². The molecule has 1 aromatic carbocycles. The highest BCUT2D eigenvalue weighted by atomic mass is 32.1.